The van der Waals surface area contributed by atoms with Crippen molar-refractivity contribution in [3.63, 3.8) is 0 Å². The molecule has 4 heterocycles. The second kappa shape index (κ2) is 8.16. The summed E-state index contributed by atoms with van der Waals surface area (Å²) in [5.41, 5.74) is 7.49. The maximum Gasteiger partial charge on any atom is 0.200 e. The first-order valence-electron chi connectivity index (χ1n) is 13.6. The molecule has 0 aliphatic rings. The molecule has 0 spiro atoms. The van der Waals surface area contributed by atoms with Gasteiger partial charge in [0.25, 0.3) is 0 Å². The first-order valence-corrected chi connectivity index (χ1v) is 13.6. The second-order valence-corrected chi connectivity index (χ2v) is 10.4. The van der Waals surface area contributed by atoms with E-state index in [0.717, 1.165) is 44.2 Å². The van der Waals surface area contributed by atoms with Crippen LogP contribution in [0.2, 0.25) is 0 Å². The average molecular weight is 528 g/mol. The van der Waals surface area contributed by atoms with E-state index in [2.05, 4.69) is 80.8 Å². The van der Waals surface area contributed by atoms with E-state index in [9.17, 15) is 4.79 Å². The number of nitrogens with zero attached hydrogens (tertiary/aromatic N) is 3. The molecule has 192 valence electrons. The van der Waals surface area contributed by atoms with E-state index >= 15 is 0 Å². The second-order valence-electron chi connectivity index (χ2n) is 10.4. The molecule has 0 bridgehead atoms. The van der Waals surface area contributed by atoms with Crippen molar-refractivity contribution in [2.24, 2.45) is 0 Å². The van der Waals surface area contributed by atoms with Crippen molar-refractivity contribution in [2.75, 3.05) is 0 Å². The van der Waals surface area contributed by atoms with E-state index in [1.54, 1.807) is 0 Å². The molecule has 5 heteroatoms. The zero-order chi connectivity index (χ0) is 27.1. The molecule has 5 aromatic carbocycles. The molecule has 0 unspecified atom stereocenters. The Kier molecular flexibility index (Phi) is 4.41. The molecule has 0 atom stereocenters. The fourth-order valence-corrected chi connectivity index (χ4v) is 6.48. The minimum atomic E-state index is -0.0316. The van der Waals surface area contributed by atoms with Crippen LogP contribution in [0.25, 0.3) is 76.9 Å². The molecular formula is C36H21N3O2. The number of hydrogen-bond donors (Lipinski definition) is 0. The van der Waals surface area contributed by atoms with Gasteiger partial charge in [-0.05, 0) is 66.7 Å². The van der Waals surface area contributed by atoms with E-state index in [1.165, 1.54) is 10.8 Å². The van der Waals surface area contributed by atoms with Gasteiger partial charge < -0.3 is 13.6 Å². The molecule has 0 radical (unpaired) electrons. The smallest absolute Gasteiger partial charge is 0.200 e. The van der Waals surface area contributed by atoms with Crippen molar-refractivity contribution < 1.29 is 4.42 Å². The van der Waals surface area contributed by atoms with Crippen molar-refractivity contribution in [3.05, 3.63) is 138 Å². The summed E-state index contributed by atoms with van der Waals surface area (Å²) < 4.78 is 10.6. The van der Waals surface area contributed by atoms with E-state index in [0.29, 0.717) is 21.9 Å². The highest BCUT2D eigenvalue weighted by Gasteiger charge is 2.21. The van der Waals surface area contributed by atoms with Gasteiger partial charge in [-0.25, -0.2) is 0 Å². The molecule has 0 saturated carbocycles. The largest absolute Gasteiger partial charge is 0.456 e. The van der Waals surface area contributed by atoms with Crippen molar-refractivity contribution >= 4 is 65.6 Å². The van der Waals surface area contributed by atoms with Gasteiger partial charge in [0.15, 0.2) is 0 Å². The van der Waals surface area contributed by atoms with Gasteiger partial charge in [-0.15, -0.1) is 0 Å². The number of fused-ring (bicyclic) bond motifs is 9. The quantitative estimate of drug-likeness (QED) is 0.212. The van der Waals surface area contributed by atoms with E-state index in [-0.39, 0.29) is 5.43 Å². The summed E-state index contributed by atoms with van der Waals surface area (Å²) in [6.07, 6.45) is 3.76. The van der Waals surface area contributed by atoms with Crippen molar-refractivity contribution in [1.29, 1.82) is 0 Å². The first-order chi connectivity index (χ1) is 20.3. The molecule has 0 fully saturated rings. The van der Waals surface area contributed by atoms with Crippen LogP contribution in [0.15, 0.2) is 137 Å². The summed E-state index contributed by atoms with van der Waals surface area (Å²) in [6, 6.07) is 38.8. The number of para-hydroxylation sites is 3. The van der Waals surface area contributed by atoms with Gasteiger partial charge in [0.1, 0.15) is 11.2 Å². The van der Waals surface area contributed by atoms with Crippen molar-refractivity contribution in [2.45, 2.75) is 0 Å². The fraction of sp³-hybridized carbons (Fsp3) is 0. The number of aromatic nitrogens is 3. The third kappa shape index (κ3) is 3.00. The molecule has 0 saturated heterocycles. The van der Waals surface area contributed by atoms with Crippen LogP contribution in [-0.2, 0) is 0 Å². The van der Waals surface area contributed by atoms with Gasteiger partial charge in [-0.2, -0.15) is 0 Å². The molecule has 9 aromatic rings. The average Bonchev–Trinajstić information content (AvgIpc) is 3.54. The lowest BCUT2D eigenvalue weighted by Crippen LogP contribution is -2.03. The molecular weight excluding hydrogens is 506 g/mol. The number of benzene rings is 5. The Balaban J connectivity index is 1.43. The Morgan fingerprint density at radius 2 is 1.17 bits per heavy atom. The van der Waals surface area contributed by atoms with Crippen LogP contribution in [0.1, 0.15) is 0 Å². The van der Waals surface area contributed by atoms with Gasteiger partial charge in [0.2, 0.25) is 5.43 Å². The number of hydrogen-bond acceptors (Lipinski definition) is 3. The predicted octanol–water partition coefficient (Wildman–Crippen LogP) is 8.54. The standard InChI is InChI=1S/C36H21N3O2/c40-36-26-11-5-7-13-32(26)41-33-17-14-23(20-27(33)36)39-30-16-15-29-34(35(30)25-18-19-37-21-31(25)39)24-10-4-6-12-28(24)38(29)22-8-2-1-3-9-22/h1-21H. The van der Waals surface area contributed by atoms with Crippen LogP contribution >= 0.6 is 0 Å². The Bertz CT molecular complexity index is 2550. The minimum Gasteiger partial charge on any atom is -0.456 e. The third-order valence-corrected chi connectivity index (χ3v) is 8.20. The highest BCUT2D eigenvalue weighted by atomic mass is 16.3. The summed E-state index contributed by atoms with van der Waals surface area (Å²) in [5.74, 6) is 0. The number of pyridine rings is 1. The fourth-order valence-electron chi connectivity index (χ4n) is 6.48. The molecule has 0 amide bonds. The lowest BCUT2D eigenvalue weighted by Gasteiger charge is -2.10. The van der Waals surface area contributed by atoms with Crippen LogP contribution in [0, 0.1) is 0 Å². The lowest BCUT2D eigenvalue weighted by atomic mass is 10.1. The molecule has 41 heavy (non-hydrogen) atoms. The van der Waals surface area contributed by atoms with Crippen LogP contribution in [-0.4, -0.2) is 14.1 Å². The summed E-state index contributed by atoms with van der Waals surface area (Å²) in [7, 11) is 0. The van der Waals surface area contributed by atoms with Gasteiger partial charge >= 0.3 is 0 Å². The first kappa shape index (κ1) is 22.2. The highest BCUT2D eigenvalue weighted by Crippen LogP contribution is 2.42. The maximum atomic E-state index is 13.5. The van der Waals surface area contributed by atoms with Gasteiger partial charge in [-0.3, -0.25) is 9.78 Å². The number of rotatable bonds is 2. The zero-order valence-corrected chi connectivity index (χ0v) is 21.8. The summed E-state index contributed by atoms with van der Waals surface area (Å²) >= 11 is 0. The SMILES string of the molecule is O=c1c2ccccc2oc2ccc(-n3c4cnccc4c4c5c6ccccc6n(-c6ccccc6)c5ccc43)cc12. The molecule has 0 N–H and O–H groups in total. The van der Waals surface area contributed by atoms with Gasteiger partial charge in [0.05, 0.1) is 39.0 Å². The normalized spacial score (nSPS) is 12.0. The van der Waals surface area contributed by atoms with Crippen LogP contribution < -0.4 is 5.43 Å². The molecule has 0 aliphatic carbocycles. The van der Waals surface area contributed by atoms with E-state index < -0.39 is 0 Å². The van der Waals surface area contributed by atoms with Crippen molar-refractivity contribution in [3.8, 4) is 11.4 Å². The van der Waals surface area contributed by atoms with Crippen LogP contribution in [0.3, 0.4) is 0 Å². The third-order valence-electron chi connectivity index (χ3n) is 8.20. The molecule has 4 aromatic heterocycles. The monoisotopic (exact) mass is 527 g/mol. The molecule has 5 nitrogen and oxygen atoms in total. The van der Waals surface area contributed by atoms with Gasteiger partial charge in [-0.1, -0.05) is 48.5 Å². The van der Waals surface area contributed by atoms with Crippen molar-refractivity contribution in [1.82, 2.24) is 14.1 Å². The lowest BCUT2D eigenvalue weighted by molar-refractivity contribution is 0.660. The Labute approximate surface area is 233 Å². The Hall–Kier alpha value is -5.68. The summed E-state index contributed by atoms with van der Waals surface area (Å²) in [4.78, 5) is 18.0. The summed E-state index contributed by atoms with van der Waals surface area (Å²) in [6.45, 7) is 0. The van der Waals surface area contributed by atoms with Crippen LogP contribution in [0.4, 0.5) is 0 Å². The Morgan fingerprint density at radius 1 is 0.512 bits per heavy atom. The molecule has 9 rings (SSSR count). The van der Waals surface area contributed by atoms with E-state index in [1.807, 2.05) is 60.9 Å². The zero-order valence-electron chi connectivity index (χ0n) is 21.8. The Morgan fingerprint density at radius 3 is 2.00 bits per heavy atom. The molecule has 0 aliphatic heterocycles. The highest BCUT2D eigenvalue weighted by molar-refractivity contribution is 6.28. The van der Waals surface area contributed by atoms with E-state index in [4.69, 9.17) is 4.42 Å². The predicted molar refractivity (Wildman–Crippen MR) is 166 cm³/mol. The van der Waals surface area contributed by atoms with Gasteiger partial charge in [0, 0.05) is 39.1 Å². The summed E-state index contributed by atoms with van der Waals surface area (Å²) in [5, 5.41) is 5.80. The van der Waals surface area contributed by atoms with Crippen LogP contribution in [0.5, 0.6) is 0 Å². The minimum absolute atomic E-state index is 0.0316. The maximum absolute atomic E-state index is 13.5. The topological polar surface area (TPSA) is 53.0 Å².